The fourth-order valence-electron chi connectivity index (χ4n) is 1.17. The highest BCUT2D eigenvalue weighted by Gasteiger charge is 2.17. The topological polar surface area (TPSA) is 38.9 Å². The Hall–Kier alpha value is -1.49. The molecule has 1 aromatic carbocycles. The molecule has 0 unspecified atom stereocenters. The van der Waals surface area contributed by atoms with Crippen molar-refractivity contribution in [3.63, 3.8) is 0 Å². The van der Waals surface area contributed by atoms with E-state index in [2.05, 4.69) is 10.2 Å². The SMILES string of the molecule is Cc1ccc(-c2nnc(C(F)F)o2)cc1Cl. The lowest BCUT2D eigenvalue weighted by molar-refractivity contribution is 0.116. The van der Waals surface area contributed by atoms with Crippen molar-refractivity contribution in [2.24, 2.45) is 0 Å². The van der Waals surface area contributed by atoms with Crippen LogP contribution in [-0.4, -0.2) is 10.2 Å². The van der Waals surface area contributed by atoms with Crippen LogP contribution in [0.1, 0.15) is 17.9 Å². The van der Waals surface area contributed by atoms with Gasteiger partial charge in [0, 0.05) is 10.6 Å². The number of hydrogen-bond donors (Lipinski definition) is 0. The van der Waals surface area contributed by atoms with Crippen LogP contribution >= 0.6 is 11.6 Å². The van der Waals surface area contributed by atoms with Gasteiger partial charge < -0.3 is 4.42 Å². The maximum absolute atomic E-state index is 12.2. The van der Waals surface area contributed by atoms with Gasteiger partial charge in [-0.15, -0.1) is 10.2 Å². The van der Waals surface area contributed by atoms with Crippen molar-refractivity contribution < 1.29 is 13.2 Å². The average molecular weight is 245 g/mol. The Kier molecular flexibility index (Phi) is 2.87. The molecule has 0 spiro atoms. The molecule has 0 aliphatic carbocycles. The minimum absolute atomic E-state index is 0.0391. The van der Waals surface area contributed by atoms with E-state index in [4.69, 9.17) is 16.0 Å². The molecule has 1 heterocycles. The molecule has 2 aromatic rings. The van der Waals surface area contributed by atoms with Crippen LogP contribution in [-0.2, 0) is 0 Å². The molecule has 84 valence electrons. The number of aromatic nitrogens is 2. The van der Waals surface area contributed by atoms with Gasteiger partial charge >= 0.3 is 6.43 Å². The molecule has 0 atom stereocenters. The number of rotatable bonds is 2. The second-order valence-electron chi connectivity index (χ2n) is 3.21. The van der Waals surface area contributed by atoms with Gasteiger partial charge in [0.1, 0.15) is 0 Å². The predicted octanol–water partition coefficient (Wildman–Crippen LogP) is 3.64. The summed E-state index contributed by atoms with van der Waals surface area (Å²) < 4.78 is 29.2. The summed E-state index contributed by atoms with van der Waals surface area (Å²) in [4.78, 5) is 0. The number of benzene rings is 1. The number of alkyl halides is 2. The Morgan fingerprint density at radius 1 is 1.31 bits per heavy atom. The van der Waals surface area contributed by atoms with Gasteiger partial charge in [-0.2, -0.15) is 8.78 Å². The summed E-state index contributed by atoms with van der Waals surface area (Å²) in [5.74, 6) is -0.649. The van der Waals surface area contributed by atoms with Crippen molar-refractivity contribution in [1.82, 2.24) is 10.2 Å². The smallest absolute Gasteiger partial charge is 0.314 e. The summed E-state index contributed by atoms with van der Waals surface area (Å²) >= 11 is 5.90. The van der Waals surface area contributed by atoms with Crippen molar-refractivity contribution in [3.05, 3.63) is 34.7 Å². The van der Waals surface area contributed by atoms with E-state index in [1.54, 1.807) is 18.2 Å². The Balaban J connectivity index is 2.39. The summed E-state index contributed by atoms with van der Waals surface area (Å²) in [6.07, 6.45) is -2.76. The first-order valence-corrected chi connectivity index (χ1v) is 4.84. The molecule has 16 heavy (non-hydrogen) atoms. The van der Waals surface area contributed by atoms with Gasteiger partial charge in [-0.1, -0.05) is 17.7 Å². The second kappa shape index (κ2) is 4.17. The van der Waals surface area contributed by atoms with E-state index in [1.165, 1.54) is 0 Å². The van der Waals surface area contributed by atoms with Crippen LogP contribution in [0.5, 0.6) is 0 Å². The van der Waals surface area contributed by atoms with Crippen molar-refractivity contribution in [2.75, 3.05) is 0 Å². The molecule has 0 aliphatic heterocycles. The minimum Gasteiger partial charge on any atom is -0.415 e. The Morgan fingerprint density at radius 2 is 2.06 bits per heavy atom. The molecule has 0 fully saturated rings. The van der Waals surface area contributed by atoms with Crippen molar-refractivity contribution >= 4 is 11.6 Å². The Labute approximate surface area is 95.1 Å². The molecule has 0 bridgehead atoms. The highest BCUT2D eigenvalue weighted by Crippen LogP contribution is 2.26. The van der Waals surface area contributed by atoms with Crippen LogP contribution < -0.4 is 0 Å². The summed E-state index contributed by atoms with van der Waals surface area (Å²) in [7, 11) is 0. The van der Waals surface area contributed by atoms with Crippen molar-refractivity contribution in [1.29, 1.82) is 0 Å². The normalized spacial score (nSPS) is 11.1. The molecule has 1 aromatic heterocycles. The van der Waals surface area contributed by atoms with E-state index in [1.807, 2.05) is 6.92 Å². The van der Waals surface area contributed by atoms with E-state index < -0.39 is 12.3 Å². The van der Waals surface area contributed by atoms with Crippen LogP contribution in [0.4, 0.5) is 8.78 Å². The zero-order valence-electron chi connectivity index (χ0n) is 8.25. The Morgan fingerprint density at radius 3 is 2.62 bits per heavy atom. The fraction of sp³-hybridized carbons (Fsp3) is 0.200. The van der Waals surface area contributed by atoms with E-state index in [9.17, 15) is 8.78 Å². The van der Waals surface area contributed by atoms with Crippen molar-refractivity contribution in [2.45, 2.75) is 13.3 Å². The van der Waals surface area contributed by atoms with Gasteiger partial charge in [0.25, 0.3) is 5.89 Å². The lowest BCUT2D eigenvalue weighted by Crippen LogP contribution is -1.81. The molecule has 6 heteroatoms. The molecular formula is C10H7ClF2N2O. The van der Waals surface area contributed by atoms with Gasteiger partial charge in [-0.3, -0.25) is 0 Å². The number of hydrogen-bond acceptors (Lipinski definition) is 3. The Bertz CT molecular complexity index is 513. The molecular weight excluding hydrogens is 238 g/mol. The fourth-order valence-corrected chi connectivity index (χ4v) is 1.35. The standard InChI is InChI=1S/C10H7ClF2N2O/c1-5-2-3-6(4-7(5)11)9-14-15-10(16-9)8(12)13/h2-4,8H,1H3. The summed E-state index contributed by atoms with van der Waals surface area (Å²) in [5, 5.41) is 7.28. The van der Waals surface area contributed by atoms with E-state index in [0.29, 0.717) is 10.6 Å². The molecule has 3 nitrogen and oxygen atoms in total. The maximum atomic E-state index is 12.2. The van der Waals surface area contributed by atoms with E-state index in [-0.39, 0.29) is 5.89 Å². The largest absolute Gasteiger partial charge is 0.415 e. The quantitative estimate of drug-likeness (QED) is 0.810. The maximum Gasteiger partial charge on any atom is 0.314 e. The monoisotopic (exact) mass is 244 g/mol. The third kappa shape index (κ3) is 2.04. The van der Waals surface area contributed by atoms with E-state index >= 15 is 0 Å². The highest BCUT2D eigenvalue weighted by atomic mass is 35.5. The summed E-state index contributed by atoms with van der Waals surface area (Å²) in [6, 6.07) is 5.04. The highest BCUT2D eigenvalue weighted by molar-refractivity contribution is 6.31. The number of aryl methyl sites for hydroxylation is 1. The molecule has 0 radical (unpaired) electrons. The summed E-state index contributed by atoms with van der Waals surface area (Å²) in [6.45, 7) is 1.84. The zero-order valence-corrected chi connectivity index (χ0v) is 9.00. The molecule has 0 aliphatic rings. The average Bonchev–Trinajstić information content (AvgIpc) is 2.71. The van der Waals surface area contributed by atoms with Gasteiger partial charge in [0.15, 0.2) is 0 Å². The second-order valence-corrected chi connectivity index (χ2v) is 3.62. The van der Waals surface area contributed by atoms with Gasteiger partial charge in [-0.05, 0) is 24.6 Å². The van der Waals surface area contributed by atoms with E-state index in [0.717, 1.165) is 5.56 Å². The predicted molar refractivity (Wildman–Crippen MR) is 54.4 cm³/mol. The molecule has 2 rings (SSSR count). The zero-order chi connectivity index (χ0) is 11.7. The summed E-state index contributed by atoms with van der Waals surface area (Å²) in [5.41, 5.74) is 1.41. The van der Waals surface area contributed by atoms with Gasteiger partial charge in [-0.25, -0.2) is 0 Å². The first-order chi connectivity index (χ1) is 7.58. The number of halogens is 3. The minimum atomic E-state index is -2.76. The lowest BCUT2D eigenvalue weighted by Gasteiger charge is -1.99. The van der Waals surface area contributed by atoms with Crippen LogP contribution in [0.25, 0.3) is 11.5 Å². The molecule has 0 saturated carbocycles. The van der Waals surface area contributed by atoms with Crippen LogP contribution in [0.15, 0.2) is 22.6 Å². The molecule has 0 amide bonds. The number of nitrogens with zero attached hydrogens (tertiary/aromatic N) is 2. The molecule has 0 N–H and O–H groups in total. The third-order valence-corrected chi connectivity index (χ3v) is 2.45. The third-order valence-electron chi connectivity index (χ3n) is 2.05. The molecule has 0 saturated heterocycles. The lowest BCUT2D eigenvalue weighted by atomic mass is 10.1. The first kappa shape index (κ1) is 11.0. The first-order valence-electron chi connectivity index (χ1n) is 4.46. The van der Waals surface area contributed by atoms with Crippen LogP contribution in [0.3, 0.4) is 0 Å². The van der Waals surface area contributed by atoms with Gasteiger partial charge in [0.05, 0.1) is 0 Å². The van der Waals surface area contributed by atoms with Crippen LogP contribution in [0.2, 0.25) is 5.02 Å². The van der Waals surface area contributed by atoms with Crippen LogP contribution in [0, 0.1) is 6.92 Å². The van der Waals surface area contributed by atoms with Gasteiger partial charge in [0.2, 0.25) is 5.89 Å². The van der Waals surface area contributed by atoms with Crippen molar-refractivity contribution in [3.8, 4) is 11.5 Å².